The van der Waals surface area contributed by atoms with Crippen LogP contribution in [0.4, 0.5) is 0 Å². The molecule has 2 aromatic rings. The molecule has 2 rings (SSSR count). The van der Waals surface area contributed by atoms with Crippen LogP contribution in [0, 0.1) is 0 Å². The van der Waals surface area contributed by atoms with Crippen molar-refractivity contribution in [2.45, 2.75) is 0 Å². The van der Waals surface area contributed by atoms with Crippen molar-refractivity contribution in [3.05, 3.63) is 36.4 Å². The van der Waals surface area contributed by atoms with Gasteiger partial charge in [-0.15, -0.1) is 0 Å². The molecule has 0 atom stereocenters. The SMILES string of the molecule is COc1ccc(O)cc1-c1cc(O)ccc1OC. The Labute approximate surface area is 105 Å². The van der Waals surface area contributed by atoms with Crippen molar-refractivity contribution >= 4 is 0 Å². The molecule has 0 saturated heterocycles. The van der Waals surface area contributed by atoms with Gasteiger partial charge in [-0.1, -0.05) is 0 Å². The highest BCUT2D eigenvalue weighted by Crippen LogP contribution is 2.39. The molecule has 0 aliphatic carbocycles. The molecule has 4 nitrogen and oxygen atoms in total. The van der Waals surface area contributed by atoms with E-state index in [-0.39, 0.29) is 11.5 Å². The van der Waals surface area contributed by atoms with Crippen LogP contribution in [0.15, 0.2) is 36.4 Å². The van der Waals surface area contributed by atoms with Crippen molar-refractivity contribution in [1.29, 1.82) is 0 Å². The highest BCUT2D eigenvalue weighted by Gasteiger charge is 2.12. The standard InChI is InChI=1S/C14H14O4/c1-17-13-5-3-9(15)7-11(13)12-8-10(16)4-6-14(12)18-2/h3-8,15-16H,1-2H3. The number of ether oxygens (including phenoxy) is 2. The summed E-state index contributed by atoms with van der Waals surface area (Å²) in [6.45, 7) is 0. The maximum absolute atomic E-state index is 9.57. The van der Waals surface area contributed by atoms with Gasteiger partial charge in [0.25, 0.3) is 0 Å². The summed E-state index contributed by atoms with van der Waals surface area (Å²) in [5.74, 6) is 1.43. The number of aromatic hydroxyl groups is 2. The molecule has 0 heterocycles. The molecule has 0 spiro atoms. The van der Waals surface area contributed by atoms with Crippen LogP contribution in [-0.4, -0.2) is 24.4 Å². The maximum atomic E-state index is 9.57. The van der Waals surface area contributed by atoms with E-state index in [4.69, 9.17) is 9.47 Å². The Balaban J connectivity index is 2.67. The summed E-state index contributed by atoms with van der Waals surface area (Å²) in [6.07, 6.45) is 0. The first-order chi connectivity index (χ1) is 8.65. The quantitative estimate of drug-likeness (QED) is 0.874. The molecule has 2 N–H and O–H groups in total. The van der Waals surface area contributed by atoms with Gasteiger partial charge >= 0.3 is 0 Å². The van der Waals surface area contributed by atoms with Gasteiger partial charge in [0, 0.05) is 11.1 Å². The molecule has 0 amide bonds. The molecule has 0 aliphatic heterocycles. The van der Waals surface area contributed by atoms with Gasteiger partial charge in [0.15, 0.2) is 0 Å². The lowest BCUT2D eigenvalue weighted by molar-refractivity contribution is 0.407. The second kappa shape index (κ2) is 4.87. The Morgan fingerprint density at radius 1 is 0.722 bits per heavy atom. The fraction of sp³-hybridized carbons (Fsp3) is 0.143. The molecule has 0 aliphatic rings. The van der Waals surface area contributed by atoms with Crippen molar-refractivity contribution in [2.75, 3.05) is 14.2 Å². The molecular formula is C14H14O4. The minimum absolute atomic E-state index is 0.121. The van der Waals surface area contributed by atoms with Crippen LogP contribution in [0.25, 0.3) is 11.1 Å². The zero-order valence-corrected chi connectivity index (χ0v) is 10.2. The first kappa shape index (κ1) is 12.1. The number of phenols is 2. The van der Waals surface area contributed by atoms with E-state index in [0.29, 0.717) is 22.6 Å². The van der Waals surface area contributed by atoms with Gasteiger partial charge in [-0.25, -0.2) is 0 Å². The Morgan fingerprint density at radius 2 is 1.11 bits per heavy atom. The zero-order chi connectivity index (χ0) is 13.1. The predicted octanol–water partition coefficient (Wildman–Crippen LogP) is 2.78. The molecule has 0 saturated carbocycles. The van der Waals surface area contributed by atoms with E-state index in [0.717, 1.165) is 0 Å². The summed E-state index contributed by atoms with van der Waals surface area (Å²) in [5, 5.41) is 19.1. The molecular weight excluding hydrogens is 232 g/mol. The molecule has 0 radical (unpaired) electrons. The van der Waals surface area contributed by atoms with E-state index in [1.807, 2.05) is 0 Å². The highest BCUT2D eigenvalue weighted by molar-refractivity contribution is 5.78. The van der Waals surface area contributed by atoms with Crippen molar-refractivity contribution in [3.8, 4) is 34.1 Å². The van der Waals surface area contributed by atoms with Crippen LogP contribution in [0.5, 0.6) is 23.0 Å². The lowest BCUT2D eigenvalue weighted by atomic mass is 10.0. The second-order valence-electron chi connectivity index (χ2n) is 3.77. The first-order valence-electron chi connectivity index (χ1n) is 5.40. The summed E-state index contributed by atoms with van der Waals surface area (Å²) in [6, 6.07) is 9.53. The van der Waals surface area contributed by atoms with Crippen molar-refractivity contribution in [1.82, 2.24) is 0 Å². The van der Waals surface area contributed by atoms with E-state index in [1.165, 1.54) is 12.1 Å². The molecule has 0 bridgehead atoms. The third kappa shape index (κ3) is 2.18. The maximum Gasteiger partial charge on any atom is 0.127 e. The zero-order valence-electron chi connectivity index (χ0n) is 10.2. The van der Waals surface area contributed by atoms with Crippen LogP contribution in [0.2, 0.25) is 0 Å². The largest absolute Gasteiger partial charge is 0.508 e. The molecule has 18 heavy (non-hydrogen) atoms. The summed E-state index contributed by atoms with van der Waals surface area (Å²) in [4.78, 5) is 0. The van der Waals surface area contributed by atoms with Crippen LogP contribution in [0.1, 0.15) is 0 Å². The van der Waals surface area contributed by atoms with E-state index < -0.39 is 0 Å². The molecule has 0 fully saturated rings. The van der Waals surface area contributed by atoms with Crippen molar-refractivity contribution < 1.29 is 19.7 Å². The Morgan fingerprint density at radius 3 is 1.44 bits per heavy atom. The summed E-state index contributed by atoms with van der Waals surface area (Å²) in [5.41, 5.74) is 1.32. The predicted molar refractivity (Wildman–Crippen MR) is 68.3 cm³/mol. The van der Waals surface area contributed by atoms with Gasteiger partial charge in [-0.3, -0.25) is 0 Å². The van der Waals surface area contributed by atoms with Crippen LogP contribution >= 0.6 is 0 Å². The minimum Gasteiger partial charge on any atom is -0.508 e. The molecule has 2 aromatic carbocycles. The van der Waals surface area contributed by atoms with Gasteiger partial charge in [-0.05, 0) is 36.4 Å². The average molecular weight is 246 g/mol. The van der Waals surface area contributed by atoms with E-state index >= 15 is 0 Å². The molecule has 0 unspecified atom stereocenters. The number of benzene rings is 2. The third-order valence-electron chi connectivity index (χ3n) is 2.66. The van der Waals surface area contributed by atoms with Gasteiger partial charge in [0.05, 0.1) is 14.2 Å². The van der Waals surface area contributed by atoms with Crippen molar-refractivity contribution in [3.63, 3.8) is 0 Å². The van der Waals surface area contributed by atoms with Gasteiger partial charge in [0.1, 0.15) is 23.0 Å². The number of phenolic OH excluding ortho intramolecular Hbond substituents is 2. The molecule has 94 valence electrons. The minimum atomic E-state index is 0.121. The summed E-state index contributed by atoms with van der Waals surface area (Å²) in [7, 11) is 3.09. The van der Waals surface area contributed by atoms with Crippen molar-refractivity contribution in [2.24, 2.45) is 0 Å². The smallest absolute Gasteiger partial charge is 0.127 e. The van der Waals surface area contributed by atoms with E-state index in [1.54, 1.807) is 38.5 Å². The first-order valence-corrected chi connectivity index (χ1v) is 5.40. The van der Waals surface area contributed by atoms with E-state index in [2.05, 4.69) is 0 Å². The topological polar surface area (TPSA) is 58.9 Å². The van der Waals surface area contributed by atoms with Crippen LogP contribution in [-0.2, 0) is 0 Å². The lowest BCUT2D eigenvalue weighted by Crippen LogP contribution is -1.91. The summed E-state index contributed by atoms with van der Waals surface area (Å²) < 4.78 is 10.5. The third-order valence-corrected chi connectivity index (χ3v) is 2.66. The van der Waals surface area contributed by atoms with Gasteiger partial charge in [0.2, 0.25) is 0 Å². The normalized spacial score (nSPS) is 10.1. The number of methoxy groups -OCH3 is 2. The monoisotopic (exact) mass is 246 g/mol. The van der Waals surface area contributed by atoms with Crippen LogP contribution < -0.4 is 9.47 Å². The van der Waals surface area contributed by atoms with E-state index in [9.17, 15) is 10.2 Å². The Bertz CT molecular complexity index is 512. The molecule has 0 aromatic heterocycles. The fourth-order valence-electron chi connectivity index (χ4n) is 1.81. The lowest BCUT2D eigenvalue weighted by Gasteiger charge is -2.13. The van der Waals surface area contributed by atoms with Crippen LogP contribution in [0.3, 0.4) is 0 Å². The Hall–Kier alpha value is -2.36. The van der Waals surface area contributed by atoms with Gasteiger partial charge in [-0.2, -0.15) is 0 Å². The fourth-order valence-corrected chi connectivity index (χ4v) is 1.81. The number of hydrogen-bond acceptors (Lipinski definition) is 4. The second-order valence-corrected chi connectivity index (χ2v) is 3.77. The van der Waals surface area contributed by atoms with Gasteiger partial charge < -0.3 is 19.7 Å². The number of hydrogen-bond donors (Lipinski definition) is 2. The Kier molecular flexibility index (Phi) is 3.28. The number of rotatable bonds is 3. The summed E-state index contributed by atoms with van der Waals surface area (Å²) >= 11 is 0. The molecule has 4 heteroatoms. The average Bonchev–Trinajstić information content (AvgIpc) is 2.38. The highest BCUT2D eigenvalue weighted by atomic mass is 16.5.